The van der Waals surface area contributed by atoms with Crippen LogP contribution in [0.15, 0.2) is 10.8 Å². The van der Waals surface area contributed by atoms with E-state index in [1.54, 1.807) is 5.38 Å². The fraction of sp³-hybridized carbons (Fsp3) is 0.455. The SMILES string of the molecule is Cc1cscc1C(=O)NCC1(C(=O)O)CC1. The van der Waals surface area contributed by atoms with Gasteiger partial charge < -0.3 is 10.4 Å². The van der Waals surface area contributed by atoms with Crippen molar-refractivity contribution in [3.05, 3.63) is 21.9 Å². The first kappa shape index (κ1) is 11.1. The van der Waals surface area contributed by atoms with Crippen LogP contribution in [0.2, 0.25) is 0 Å². The first-order valence-electron chi connectivity index (χ1n) is 5.09. The molecule has 0 aliphatic heterocycles. The third-order valence-corrected chi connectivity index (χ3v) is 3.86. The van der Waals surface area contributed by atoms with Gasteiger partial charge in [0.2, 0.25) is 0 Å². The van der Waals surface area contributed by atoms with E-state index in [0.717, 1.165) is 5.56 Å². The summed E-state index contributed by atoms with van der Waals surface area (Å²) in [6.45, 7) is 2.10. The molecular formula is C11H13NO3S. The molecule has 16 heavy (non-hydrogen) atoms. The van der Waals surface area contributed by atoms with Crippen LogP contribution in [0.1, 0.15) is 28.8 Å². The van der Waals surface area contributed by atoms with Gasteiger partial charge in [-0.05, 0) is 30.7 Å². The van der Waals surface area contributed by atoms with E-state index in [4.69, 9.17) is 5.11 Å². The monoisotopic (exact) mass is 239 g/mol. The number of aliphatic carboxylic acids is 1. The van der Waals surface area contributed by atoms with E-state index >= 15 is 0 Å². The third-order valence-electron chi connectivity index (χ3n) is 2.99. The average Bonchev–Trinajstić information content (AvgIpc) is 2.92. The molecular weight excluding hydrogens is 226 g/mol. The molecule has 1 aromatic rings. The Morgan fingerprint density at radius 2 is 2.19 bits per heavy atom. The highest BCUT2D eigenvalue weighted by molar-refractivity contribution is 7.08. The van der Waals surface area contributed by atoms with Gasteiger partial charge >= 0.3 is 5.97 Å². The summed E-state index contributed by atoms with van der Waals surface area (Å²) in [5.41, 5.74) is 0.883. The van der Waals surface area contributed by atoms with Crippen molar-refractivity contribution in [3.8, 4) is 0 Å². The van der Waals surface area contributed by atoms with Crippen LogP contribution in [0.4, 0.5) is 0 Å². The quantitative estimate of drug-likeness (QED) is 0.839. The van der Waals surface area contributed by atoms with Crippen LogP contribution in [0.3, 0.4) is 0 Å². The molecule has 2 N–H and O–H groups in total. The molecule has 1 saturated carbocycles. The fourth-order valence-electron chi connectivity index (χ4n) is 1.55. The Labute approximate surface area is 97.3 Å². The first-order chi connectivity index (χ1) is 7.55. The molecule has 1 aromatic heterocycles. The second-order valence-corrected chi connectivity index (χ2v) is 4.98. The summed E-state index contributed by atoms with van der Waals surface area (Å²) in [7, 11) is 0. The molecule has 0 saturated heterocycles. The van der Waals surface area contributed by atoms with Gasteiger partial charge in [-0.15, -0.1) is 0 Å². The number of nitrogens with one attached hydrogen (secondary N) is 1. The number of rotatable bonds is 4. The molecule has 0 bridgehead atoms. The molecule has 1 aliphatic rings. The van der Waals surface area contributed by atoms with Gasteiger partial charge in [-0.25, -0.2) is 0 Å². The van der Waals surface area contributed by atoms with E-state index in [1.807, 2.05) is 12.3 Å². The minimum absolute atomic E-state index is 0.175. The van der Waals surface area contributed by atoms with Gasteiger partial charge in [-0.3, -0.25) is 9.59 Å². The smallest absolute Gasteiger partial charge is 0.311 e. The number of hydrogen-bond donors (Lipinski definition) is 2. The summed E-state index contributed by atoms with van der Waals surface area (Å²) in [6.07, 6.45) is 1.32. The van der Waals surface area contributed by atoms with Crippen LogP contribution in [0.25, 0.3) is 0 Å². The van der Waals surface area contributed by atoms with E-state index in [-0.39, 0.29) is 12.5 Å². The predicted octanol–water partition coefficient (Wildman–Crippen LogP) is 1.65. The van der Waals surface area contributed by atoms with Crippen molar-refractivity contribution in [1.29, 1.82) is 0 Å². The normalized spacial score (nSPS) is 16.8. The predicted molar refractivity (Wildman–Crippen MR) is 60.7 cm³/mol. The van der Waals surface area contributed by atoms with Crippen LogP contribution < -0.4 is 5.32 Å². The van der Waals surface area contributed by atoms with Crippen molar-refractivity contribution in [2.24, 2.45) is 5.41 Å². The fourth-order valence-corrected chi connectivity index (χ4v) is 2.38. The second kappa shape index (κ2) is 3.90. The Hall–Kier alpha value is -1.36. The molecule has 4 nitrogen and oxygen atoms in total. The van der Waals surface area contributed by atoms with Crippen LogP contribution in [-0.2, 0) is 4.79 Å². The number of carbonyl (C=O) groups excluding carboxylic acids is 1. The van der Waals surface area contributed by atoms with E-state index in [0.29, 0.717) is 18.4 Å². The molecule has 2 rings (SSSR count). The Bertz CT molecular complexity index is 434. The highest BCUT2D eigenvalue weighted by Gasteiger charge is 2.50. The maximum Gasteiger partial charge on any atom is 0.311 e. The third kappa shape index (κ3) is 1.95. The Balaban J connectivity index is 1.95. The van der Waals surface area contributed by atoms with Gasteiger partial charge in [-0.2, -0.15) is 11.3 Å². The number of carboxylic acid groups (broad SMARTS) is 1. The number of aryl methyl sites for hydroxylation is 1. The molecule has 5 heteroatoms. The number of carbonyl (C=O) groups is 2. The summed E-state index contributed by atoms with van der Waals surface area (Å²) in [5, 5.41) is 15.3. The van der Waals surface area contributed by atoms with Gasteiger partial charge in [0.15, 0.2) is 0 Å². The average molecular weight is 239 g/mol. The van der Waals surface area contributed by atoms with Gasteiger partial charge in [0.1, 0.15) is 0 Å². The first-order valence-corrected chi connectivity index (χ1v) is 6.04. The van der Waals surface area contributed by atoms with Crippen molar-refractivity contribution in [2.45, 2.75) is 19.8 Å². The molecule has 1 amide bonds. The topological polar surface area (TPSA) is 66.4 Å². The summed E-state index contributed by atoms with van der Waals surface area (Å²) >= 11 is 1.47. The van der Waals surface area contributed by atoms with Crippen LogP contribution in [0, 0.1) is 12.3 Å². The lowest BCUT2D eigenvalue weighted by Crippen LogP contribution is -2.34. The second-order valence-electron chi connectivity index (χ2n) is 4.24. The van der Waals surface area contributed by atoms with Crippen molar-refractivity contribution >= 4 is 23.2 Å². The van der Waals surface area contributed by atoms with Crippen molar-refractivity contribution < 1.29 is 14.7 Å². The van der Waals surface area contributed by atoms with Gasteiger partial charge in [-0.1, -0.05) is 0 Å². The molecule has 1 heterocycles. The summed E-state index contributed by atoms with van der Waals surface area (Å²) in [6, 6.07) is 0. The van der Waals surface area contributed by atoms with Crippen LogP contribution in [0.5, 0.6) is 0 Å². The number of carboxylic acids is 1. The number of hydrogen-bond acceptors (Lipinski definition) is 3. The van der Waals surface area contributed by atoms with E-state index in [9.17, 15) is 9.59 Å². The maximum atomic E-state index is 11.7. The van der Waals surface area contributed by atoms with Gasteiger partial charge in [0.05, 0.1) is 11.0 Å². The number of thiophene rings is 1. The van der Waals surface area contributed by atoms with E-state index in [2.05, 4.69) is 5.32 Å². The largest absolute Gasteiger partial charge is 0.481 e. The Morgan fingerprint density at radius 3 is 2.62 bits per heavy atom. The van der Waals surface area contributed by atoms with E-state index < -0.39 is 11.4 Å². The van der Waals surface area contributed by atoms with Gasteiger partial charge in [0.25, 0.3) is 5.91 Å². The molecule has 0 aromatic carbocycles. The molecule has 86 valence electrons. The molecule has 1 aliphatic carbocycles. The maximum absolute atomic E-state index is 11.7. The zero-order valence-corrected chi connectivity index (χ0v) is 9.76. The highest BCUT2D eigenvalue weighted by Crippen LogP contribution is 2.45. The zero-order valence-electron chi connectivity index (χ0n) is 8.95. The van der Waals surface area contributed by atoms with Crippen molar-refractivity contribution in [2.75, 3.05) is 6.54 Å². The number of amides is 1. The van der Waals surface area contributed by atoms with E-state index in [1.165, 1.54) is 11.3 Å². The summed E-state index contributed by atoms with van der Waals surface area (Å²) in [4.78, 5) is 22.6. The molecule has 0 radical (unpaired) electrons. The molecule has 0 unspecified atom stereocenters. The molecule has 0 atom stereocenters. The Kier molecular flexibility index (Phi) is 2.71. The lowest BCUT2D eigenvalue weighted by atomic mass is 10.1. The van der Waals surface area contributed by atoms with Crippen LogP contribution >= 0.6 is 11.3 Å². The Morgan fingerprint density at radius 1 is 1.50 bits per heavy atom. The summed E-state index contributed by atoms with van der Waals surface area (Å²) < 4.78 is 0. The van der Waals surface area contributed by atoms with Crippen LogP contribution in [-0.4, -0.2) is 23.5 Å². The minimum Gasteiger partial charge on any atom is -0.481 e. The van der Waals surface area contributed by atoms with Gasteiger partial charge in [0, 0.05) is 11.9 Å². The summed E-state index contributed by atoms with van der Waals surface area (Å²) in [5.74, 6) is -0.985. The minimum atomic E-state index is -0.810. The molecule has 1 fully saturated rings. The lowest BCUT2D eigenvalue weighted by Gasteiger charge is -2.10. The highest BCUT2D eigenvalue weighted by atomic mass is 32.1. The van der Waals surface area contributed by atoms with Crippen molar-refractivity contribution in [3.63, 3.8) is 0 Å². The lowest BCUT2D eigenvalue weighted by molar-refractivity contribution is -0.143. The standard InChI is InChI=1S/C11H13NO3S/c1-7-4-16-5-8(7)9(13)12-6-11(2-3-11)10(14)15/h4-5H,2-3,6H2,1H3,(H,12,13)(H,14,15). The zero-order chi connectivity index (χ0) is 11.8. The molecule has 0 spiro atoms. The van der Waals surface area contributed by atoms with Crippen molar-refractivity contribution in [1.82, 2.24) is 5.32 Å².